The van der Waals surface area contributed by atoms with Crippen LogP contribution >= 0.6 is 0 Å². The van der Waals surface area contributed by atoms with Crippen molar-refractivity contribution in [2.75, 3.05) is 49.6 Å². The number of ether oxygens (including phenoxy) is 3. The molecule has 3 aliphatic heterocycles. The molecule has 38 heavy (non-hydrogen) atoms. The van der Waals surface area contributed by atoms with Gasteiger partial charge in [0.05, 0.1) is 12.7 Å². The number of rotatable bonds is 6. The van der Waals surface area contributed by atoms with Crippen LogP contribution in [0.2, 0.25) is 0 Å². The number of nitrogens with zero attached hydrogens (tertiary/aromatic N) is 4. The molecule has 0 bridgehead atoms. The van der Waals surface area contributed by atoms with Crippen molar-refractivity contribution >= 4 is 23.6 Å². The maximum atomic E-state index is 14.7. The summed E-state index contributed by atoms with van der Waals surface area (Å²) in [6.07, 6.45) is 3.88. The minimum absolute atomic E-state index is 0.113. The molecule has 6 rings (SSSR count). The Kier molecular flexibility index (Phi) is 6.31. The van der Waals surface area contributed by atoms with Gasteiger partial charge >= 0.3 is 6.09 Å². The Labute approximate surface area is 219 Å². The fourth-order valence-corrected chi connectivity index (χ4v) is 5.74. The van der Waals surface area contributed by atoms with Crippen LogP contribution in [0.25, 0.3) is 0 Å². The zero-order valence-electron chi connectivity index (χ0n) is 21.2. The standard InChI is InChI=1S/C26H31FN6O5/c1-15(28)12-36-18-8-17-6-16(7-19(17)20(27)9-18)11-32-4-2-26(3-5-32)14-33(25(35)38-26)21-10-29-24-23(30-21)31-22(34)13-37-24/h8-10,15-16H,2-7,11-14,28H2,1H3,(H,30,31,34)/t15-,16?/m0/s1. The number of nitrogens with two attached hydrogens (primary N) is 1. The first-order valence-corrected chi connectivity index (χ1v) is 13.0. The average molecular weight is 527 g/mol. The highest BCUT2D eigenvalue weighted by Gasteiger charge is 2.48. The van der Waals surface area contributed by atoms with Crippen LogP contribution < -0.4 is 25.4 Å². The smallest absolute Gasteiger partial charge is 0.416 e. The van der Waals surface area contributed by atoms with Crippen LogP contribution in [-0.4, -0.2) is 77.9 Å². The van der Waals surface area contributed by atoms with E-state index in [4.69, 9.17) is 19.9 Å². The molecule has 1 aliphatic carbocycles. The van der Waals surface area contributed by atoms with Crippen LogP contribution in [0.1, 0.15) is 30.9 Å². The van der Waals surface area contributed by atoms with Gasteiger partial charge in [0.2, 0.25) is 0 Å². The molecule has 12 heteroatoms. The second-order valence-electron chi connectivity index (χ2n) is 10.8. The van der Waals surface area contributed by atoms with E-state index in [1.54, 1.807) is 0 Å². The largest absolute Gasteiger partial charge is 0.492 e. The highest BCUT2D eigenvalue weighted by molar-refractivity contribution is 5.94. The molecular weight excluding hydrogens is 495 g/mol. The van der Waals surface area contributed by atoms with E-state index in [-0.39, 0.29) is 36.1 Å². The summed E-state index contributed by atoms with van der Waals surface area (Å²) in [6.45, 7) is 4.86. The number of anilines is 2. The van der Waals surface area contributed by atoms with Crippen molar-refractivity contribution in [2.24, 2.45) is 11.7 Å². The molecule has 2 fully saturated rings. The number of benzene rings is 1. The Bertz CT molecular complexity index is 1260. The first-order valence-electron chi connectivity index (χ1n) is 13.0. The molecule has 2 aromatic rings. The van der Waals surface area contributed by atoms with Crippen molar-refractivity contribution in [3.63, 3.8) is 0 Å². The average Bonchev–Trinajstić information content (AvgIpc) is 3.44. The Balaban J connectivity index is 1.05. The number of carbonyl (C=O) groups is 2. The number of aromatic nitrogens is 2. The first-order chi connectivity index (χ1) is 18.3. The fraction of sp³-hybridized carbons (Fsp3) is 0.538. The second-order valence-corrected chi connectivity index (χ2v) is 10.8. The van der Waals surface area contributed by atoms with Crippen molar-refractivity contribution in [2.45, 2.75) is 44.2 Å². The number of likely N-dealkylation sites (tertiary alicyclic amines) is 1. The summed E-state index contributed by atoms with van der Waals surface area (Å²) in [5, 5.41) is 2.61. The summed E-state index contributed by atoms with van der Waals surface area (Å²) >= 11 is 0. The highest BCUT2D eigenvalue weighted by Crippen LogP contribution is 2.38. The van der Waals surface area contributed by atoms with Gasteiger partial charge in [-0.15, -0.1) is 0 Å². The topological polar surface area (TPSA) is 132 Å². The molecule has 3 N–H and O–H groups in total. The number of amides is 2. The van der Waals surface area contributed by atoms with E-state index in [1.165, 1.54) is 17.2 Å². The van der Waals surface area contributed by atoms with Gasteiger partial charge in [-0.2, -0.15) is 0 Å². The van der Waals surface area contributed by atoms with Crippen molar-refractivity contribution in [3.8, 4) is 11.6 Å². The molecule has 1 spiro atoms. The van der Waals surface area contributed by atoms with E-state index in [1.807, 2.05) is 13.0 Å². The van der Waals surface area contributed by atoms with E-state index in [0.717, 1.165) is 37.2 Å². The predicted octanol–water partition coefficient (Wildman–Crippen LogP) is 1.88. The van der Waals surface area contributed by atoms with E-state index < -0.39 is 11.7 Å². The Hall–Kier alpha value is -3.51. The van der Waals surface area contributed by atoms with Crippen LogP contribution in [-0.2, 0) is 22.4 Å². The Morgan fingerprint density at radius 2 is 2.11 bits per heavy atom. The quantitative estimate of drug-likeness (QED) is 0.579. The van der Waals surface area contributed by atoms with E-state index in [0.29, 0.717) is 49.9 Å². The molecule has 1 aromatic heterocycles. The van der Waals surface area contributed by atoms with Gasteiger partial charge in [-0.3, -0.25) is 9.69 Å². The maximum absolute atomic E-state index is 14.7. The highest BCUT2D eigenvalue weighted by atomic mass is 19.1. The van der Waals surface area contributed by atoms with E-state index in [9.17, 15) is 14.0 Å². The van der Waals surface area contributed by atoms with Crippen LogP contribution in [0.5, 0.6) is 11.6 Å². The van der Waals surface area contributed by atoms with Crippen LogP contribution in [0.3, 0.4) is 0 Å². The van der Waals surface area contributed by atoms with Gasteiger partial charge in [-0.05, 0) is 42.9 Å². The molecule has 2 amide bonds. The first kappa shape index (κ1) is 24.8. The van der Waals surface area contributed by atoms with E-state index in [2.05, 4.69) is 20.2 Å². The number of piperidine rings is 1. The summed E-state index contributed by atoms with van der Waals surface area (Å²) < 4.78 is 31.5. The van der Waals surface area contributed by atoms with Gasteiger partial charge in [-0.1, -0.05) is 0 Å². The molecule has 202 valence electrons. The minimum atomic E-state index is -0.595. The summed E-state index contributed by atoms with van der Waals surface area (Å²) in [6, 6.07) is 3.29. The molecule has 4 aliphatic rings. The van der Waals surface area contributed by atoms with Crippen molar-refractivity contribution in [1.29, 1.82) is 0 Å². The molecule has 4 heterocycles. The third-order valence-electron chi connectivity index (χ3n) is 7.63. The zero-order valence-corrected chi connectivity index (χ0v) is 21.2. The maximum Gasteiger partial charge on any atom is 0.416 e. The monoisotopic (exact) mass is 526 g/mol. The van der Waals surface area contributed by atoms with Gasteiger partial charge in [-0.25, -0.2) is 19.2 Å². The predicted molar refractivity (Wildman–Crippen MR) is 135 cm³/mol. The molecule has 11 nitrogen and oxygen atoms in total. The van der Waals surface area contributed by atoms with Gasteiger partial charge in [0.15, 0.2) is 18.2 Å². The molecule has 0 saturated carbocycles. The van der Waals surface area contributed by atoms with Crippen molar-refractivity contribution in [3.05, 3.63) is 35.3 Å². The van der Waals surface area contributed by atoms with Gasteiger partial charge < -0.3 is 30.2 Å². The SMILES string of the molecule is C[C@H](N)COc1cc(F)c2c(c1)CC(CN1CCC3(CC1)CN(c1cnc4c(n1)NC(=O)CO4)C(=O)O3)C2. The number of halogens is 1. The lowest BCUT2D eigenvalue weighted by Gasteiger charge is -2.38. The zero-order chi connectivity index (χ0) is 26.4. The summed E-state index contributed by atoms with van der Waals surface area (Å²) in [4.78, 5) is 36.8. The minimum Gasteiger partial charge on any atom is -0.492 e. The molecule has 2 atom stereocenters. The second kappa shape index (κ2) is 9.66. The van der Waals surface area contributed by atoms with Gasteiger partial charge in [0.1, 0.15) is 23.8 Å². The van der Waals surface area contributed by atoms with Gasteiger partial charge in [0, 0.05) is 44.6 Å². The molecular formula is C26H31FN6O5. The lowest BCUT2D eigenvalue weighted by molar-refractivity contribution is -0.118. The van der Waals surface area contributed by atoms with Crippen LogP contribution in [0.15, 0.2) is 18.3 Å². The van der Waals surface area contributed by atoms with E-state index >= 15 is 0 Å². The number of hydrogen-bond donors (Lipinski definition) is 2. The number of hydrogen-bond acceptors (Lipinski definition) is 9. The van der Waals surface area contributed by atoms with Crippen molar-refractivity contribution in [1.82, 2.24) is 14.9 Å². The Morgan fingerprint density at radius 3 is 2.89 bits per heavy atom. The summed E-state index contributed by atoms with van der Waals surface area (Å²) in [5.74, 6) is 1.06. The summed E-state index contributed by atoms with van der Waals surface area (Å²) in [5.41, 5.74) is 6.95. The van der Waals surface area contributed by atoms with Crippen LogP contribution in [0.4, 0.5) is 20.8 Å². The normalized spacial score (nSPS) is 22.9. The Morgan fingerprint density at radius 1 is 1.29 bits per heavy atom. The summed E-state index contributed by atoms with van der Waals surface area (Å²) in [7, 11) is 0. The molecule has 2 saturated heterocycles. The van der Waals surface area contributed by atoms with Crippen LogP contribution in [0, 0.1) is 11.7 Å². The third kappa shape index (κ3) is 4.85. The molecule has 0 radical (unpaired) electrons. The lowest BCUT2D eigenvalue weighted by atomic mass is 9.90. The number of nitrogens with one attached hydrogen (secondary N) is 1. The number of fused-ring (bicyclic) bond motifs is 2. The number of carbonyl (C=O) groups excluding carboxylic acids is 2. The lowest BCUT2D eigenvalue weighted by Crippen LogP contribution is -2.48. The van der Waals surface area contributed by atoms with Crippen molar-refractivity contribution < 1.29 is 28.2 Å². The van der Waals surface area contributed by atoms with Gasteiger partial charge in [0.25, 0.3) is 11.8 Å². The fourth-order valence-electron chi connectivity index (χ4n) is 5.74. The molecule has 1 unspecified atom stereocenters. The molecule has 1 aromatic carbocycles. The third-order valence-corrected chi connectivity index (χ3v) is 7.63.